The van der Waals surface area contributed by atoms with E-state index in [1.165, 1.54) is 24.0 Å². The fourth-order valence-corrected chi connectivity index (χ4v) is 4.41. The fraction of sp³-hybridized carbons (Fsp3) is 0.684. The Balaban J connectivity index is 1.73. The van der Waals surface area contributed by atoms with Crippen LogP contribution in [-0.4, -0.2) is 6.10 Å². The molecule has 0 heterocycles. The first kappa shape index (κ1) is 14.1. The molecule has 0 saturated heterocycles. The quantitative estimate of drug-likeness (QED) is 0.758. The van der Waals surface area contributed by atoms with Gasteiger partial charge in [-0.25, -0.2) is 0 Å². The minimum atomic E-state index is -0.175. The van der Waals surface area contributed by atoms with Gasteiger partial charge in [0.25, 0.3) is 0 Å². The van der Waals surface area contributed by atoms with Gasteiger partial charge in [0.2, 0.25) is 0 Å². The van der Waals surface area contributed by atoms with Crippen LogP contribution in [0.2, 0.25) is 0 Å². The van der Waals surface area contributed by atoms with E-state index in [0.717, 1.165) is 23.7 Å². The third-order valence-electron chi connectivity index (χ3n) is 6.03. The molecule has 1 aromatic carbocycles. The molecular weight excluding hydrogens is 244 g/mol. The van der Waals surface area contributed by atoms with Gasteiger partial charge in [-0.15, -0.1) is 0 Å². The van der Waals surface area contributed by atoms with Crippen LogP contribution in [0.3, 0.4) is 0 Å². The second-order valence-electron chi connectivity index (χ2n) is 7.65. The molecule has 2 fully saturated rings. The molecule has 2 aliphatic carbocycles. The molecule has 5 unspecified atom stereocenters. The lowest BCUT2D eigenvalue weighted by atomic mass is 9.80. The second kappa shape index (κ2) is 4.87. The summed E-state index contributed by atoms with van der Waals surface area (Å²) in [4.78, 5) is 0. The van der Waals surface area contributed by atoms with Crippen LogP contribution in [0.15, 0.2) is 24.3 Å². The number of aryl methyl sites for hydroxylation is 1. The van der Waals surface area contributed by atoms with Crippen molar-refractivity contribution in [2.45, 2.75) is 59.2 Å². The van der Waals surface area contributed by atoms with Crippen molar-refractivity contribution >= 4 is 0 Å². The molecule has 0 radical (unpaired) electrons. The first-order valence-electron chi connectivity index (χ1n) is 8.13. The maximum Gasteiger partial charge on any atom is 0.0879 e. The number of rotatable bonds is 3. The summed E-state index contributed by atoms with van der Waals surface area (Å²) in [5, 5.41) is 0. The summed E-state index contributed by atoms with van der Waals surface area (Å²) in [5.41, 5.74) is 2.43. The fourth-order valence-electron chi connectivity index (χ4n) is 4.41. The average molecular weight is 272 g/mol. The molecule has 0 aliphatic heterocycles. The predicted molar refractivity (Wildman–Crippen MR) is 83.6 cm³/mol. The Morgan fingerprint density at radius 2 is 1.65 bits per heavy atom. The molecule has 2 aliphatic rings. The normalized spacial score (nSPS) is 36.5. The molecule has 1 nitrogen and oxygen atoms in total. The second-order valence-corrected chi connectivity index (χ2v) is 7.65. The van der Waals surface area contributed by atoms with Crippen molar-refractivity contribution in [3.63, 3.8) is 0 Å². The highest BCUT2D eigenvalue weighted by Crippen LogP contribution is 2.54. The molecular formula is C19H28O. The van der Waals surface area contributed by atoms with E-state index in [0.29, 0.717) is 6.10 Å². The first-order chi connectivity index (χ1) is 9.38. The summed E-state index contributed by atoms with van der Waals surface area (Å²) in [6.07, 6.45) is 3.12. The largest absolute Gasteiger partial charge is 0.367 e. The van der Waals surface area contributed by atoms with E-state index in [-0.39, 0.29) is 5.60 Å². The number of ether oxygens (including phenoxy) is 1. The Morgan fingerprint density at radius 1 is 1.00 bits per heavy atom. The summed E-state index contributed by atoms with van der Waals surface area (Å²) in [6.45, 7) is 11.4. The summed E-state index contributed by atoms with van der Waals surface area (Å²) in [6, 6.07) is 8.81. The van der Waals surface area contributed by atoms with Gasteiger partial charge < -0.3 is 4.74 Å². The minimum absolute atomic E-state index is 0.175. The van der Waals surface area contributed by atoms with Crippen LogP contribution in [-0.2, 0) is 10.3 Å². The maximum absolute atomic E-state index is 6.58. The number of hydrogen-bond donors (Lipinski definition) is 0. The molecule has 20 heavy (non-hydrogen) atoms. The smallest absolute Gasteiger partial charge is 0.0879 e. The van der Waals surface area contributed by atoms with Gasteiger partial charge in [-0.2, -0.15) is 0 Å². The Labute approximate surface area is 123 Å². The van der Waals surface area contributed by atoms with Crippen LogP contribution in [0.5, 0.6) is 0 Å². The van der Waals surface area contributed by atoms with Gasteiger partial charge in [0, 0.05) is 0 Å². The van der Waals surface area contributed by atoms with Gasteiger partial charge in [0.05, 0.1) is 11.7 Å². The Bertz CT molecular complexity index is 471. The Morgan fingerprint density at radius 3 is 2.20 bits per heavy atom. The molecule has 3 rings (SSSR count). The van der Waals surface area contributed by atoms with E-state index in [1.807, 2.05) is 0 Å². The van der Waals surface area contributed by atoms with E-state index in [2.05, 4.69) is 58.9 Å². The SMILES string of the molecule is Cc1ccc(C(C)(C)OC2CC3CC2C(C)C3C)cc1. The minimum Gasteiger partial charge on any atom is -0.367 e. The van der Waals surface area contributed by atoms with Gasteiger partial charge in [-0.05, 0) is 62.8 Å². The molecule has 5 atom stereocenters. The van der Waals surface area contributed by atoms with Crippen molar-refractivity contribution in [1.29, 1.82) is 0 Å². The summed E-state index contributed by atoms with van der Waals surface area (Å²) in [7, 11) is 0. The third kappa shape index (κ3) is 2.30. The van der Waals surface area contributed by atoms with Crippen LogP contribution in [0.1, 0.15) is 51.7 Å². The van der Waals surface area contributed by atoms with Crippen LogP contribution < -0.4 is 0 Å². The molecule has 2 saturated carbocycles. The van der Waals surface area contributed by atoms with Gasteiger partial charge in [0.15, 0.2) is 0 Å². The zero-order valence-corrected chi connectivity index (χ0v) is 13.5. The molecule has 0 spiro atoms. The molecule has 0 N–H and O–H groups in total. The highest BCUT2D eigenvalue weighted by Gasteiger charge is 2.50. The molecule has 0 amide bonds. The first-order valence-corrected chi connectivity index (χ1v) is 8.13. The molecule has 1 heteroatoms. The monoisotopic (exact) mass is 272 g/mol. The van der Waals surface area contributed by atoms with E-state index < -0.39 is 0 Å². The van der Waals surface area contributed by atoms with Crippen molar-refractivity contribution in [2.24, 2.45) is 23.7 Å². The van der Waals surface area contributed by atoms with Gasteiger partial charge >= 0.3 is 0 Å². The number of hydrogen-bond acceptors (Lipinski definition) is 1. The molecule has 0 aromatic heterocycles. The van der Waals surface area contributed by atoms with Crippen LogP contribution in [0, 0.1) is 30.6 Å². The molecule has 1 aromatic rings. The summed E-state index contributed by atoms with van der Waals surface area (Å²) in [5.74, 6) is 3.39. The summed E-state index contributed by atoms with van der Waals surface area (Å²) < 4.78 is 6.58. The van der Waals surface area contributed by atoms with Crippen molar-refractivity contribution in [1.82, 2.24) is 0 Å². The lowest BCUT2D eigenvalue weighted by molar-refractivity contribution is -0.109. The lowest BCUT2D eigenvalue weighted by Crippen LogP contribution is -2.36. The van der Waals surface area contributed by atoms with E-state index in [4.69, 9.17) is 4.74 Å². The van der Waals surface area contributed by atoms with Crippen LogP contribution in [0.4, 0.5) is 0 Å². The Kier molecular flexibility index (Phi) is 3.44. The van der Waals surface area contributed by atoms with Gasteiger partial charge in [-0.1, -0.05) is 43.7 Å². The van der Waals surface area contributed by atoms with Gasteiger partial charge in [-0.3, -0.25) is 0 Å². The highest BCUT2D eigenvalue weighted by atomic mass is 16.5. The topological polar surface area (TPSA) is 9.23 Å². The lowest BCUT2D eigenvalue weighted by Gasteiger charge is -2.37. The number of fused-ring (bicyclic) bond motifs is 2. The van der Waals surface area contributed by atoms with Crippen molar-refractivity contribution in [3.05, 3.63) is 35.4 Å². The van der Waals surface area contributed by atoms with Crippen molar-refractivity contribution < 1.29 is 4.74 Å². The maximum atomic E-state index is 6.58. The molecule has 110 valence electrons. The van der Waals surface area contributed by atoms with Crippen molar-refractivity contribution in [2.75, 3.05) is 0 Å². The van der Waals surface area contributed by atoms with E-state index in [1.54, 1.807) is 0 Å². The van der Waals surface area contributed by atoms with E-state index in [9.17, 15) is 0 Å². The third-order valence-corrected chi connectivity index (χ3v) is 6.03. The molecule has 2 bridgehead atoms. The Hall–Kier alpha value is -0.820. The number of benzene rings is 1. The van der Waals surface area contributed by atoms with Crippen LogP contribution >= 0.6 is 0 Å². The standard InChI is InChI=1S/C19H28O/c1-12-6-8-16(9-7-12)19(4,5)20-18-11-15-10-17(18)14(3)13(15)2/h6-9,13-15,17-18H,10-11H2,1-5H3. The van der Waals surface area contributed by atoms with E-state index >= 15 is 0 Å². The average Bonchev–Trinajstić information content (AvgIpc) is 2.90. The zero-order valence-electron chi connectivity index (χ0n) is 13.5. The highest BCUT2D eigenvalue weighted by molar-refractivity contribution is 5.25. The summed E-state index contributed by atoms with van der Waals surface area (Å²) >= 11 is 0. The van der Waals surface area contributed by atoms with Crippen molar-refractivity contribution in [3.8, 4) is 0 Å². The van der Waals surface area contributed by atoms with Gasteiger partial charge in [0.1, 0.15) is 0 Å². The van der Waals surface area contributed by atoms with Crippen LogP contribution in [0.25, 0.3) is 0 Å². The predicted octanol–water partition coefficient (Wildman–Crippen LogP) is 4.93. The zero-order chi connectivity index (χ0) is 14.5.